The summed E-state index contributed by atoms with van der Waals surface area (Å²) >= 11 is 12.2. The largest absolute Gasteiger partial charge is 0.369 e. The smallest absolute Gasteiger partial charge is 0.253 e. The molecule has 6 heteroatoms. The van der Waals surface area contributed by atoms with Crippen LogP contribution >= 0.6 is 23.2 Å². The maximum Gasteiger partial charge on any atom is 0.253 e. The molecule has 1 heterocycles. The van der Waals surface area contributed by atoms with Crippen LogP contribution in [0.5, 0.6) is 0 Å². The lowest BCUT2D eigenvalue weighted by Gasteiger charge is -2.20. The van der Waals surface area contributed by atoms with E-state index in [-0.39, 0.29) is 11.4 Å². The summed E-state index contributed by atoms with van der Waals surface area (Å²) in [7, 11) is 3.71. The summed E-state index contributed by atoms with van der Waals surface area (Å²) < 4.78 is 0. The standard InChI is InChI=1S/C11H16Cl2N4/c1-11(2,3)7-8(12)15-10(16-9(7)13)14-6-17(4)5/h6H,1-5H3. The molecule has 0 unspecified atom stereocenters. The molecule has 4 nitrogen and oxygen atoms in total. The van der Waals surface area contributed by atoms with Crippen molar-refractivity contribution in [3.63, 3.8) is 0 Å². The predicted molar refractivity (Wildman–Crippen MR) is 72.6 cm³/mol. The molecular weight excluding hydrogens is 259 g/mol. The molecule has 0 saturated carbocycles. The van der Waals surface area contributed by atoms with Gasteiger partial charge in [-0.15, -0.1) is 0 Å². The molecule has 0 atom stereocenters. The normalized spacial score (nSPS) is 12.2. The third-order valence-corrected chi connectivity index (χ3v) is 2.51. The molecule has 0 spiro atoms. The summed E-state index contributed by atoms with van der Waals surface area (Å²) in [6.45, 7) is 6.02. The Morgan fingerprint density at radius 2 is 1.59 bits per heavy atom. The predicted octanol–water partition coefficient (Wildman–Crippen LogP) is 3.30. The van der Waals surface area contributed by atoms with Crippen molar-refractivity contribution in [2.24, 2.45) is 4.99 Å². The highest BCUT2D eigenvalue weighted by Gasteiger charge is 2.23. The Labute approximate surface area is 112 Å². The van der Waals surface area contributed by atoms with E-state index in [0.717, 1.165) is 5.56 Å². The van der Waals surface area contributed by atoms with Crippen molar-refractivity contribution in [1.29, 1.82) is 0 Å². The van der Waals surface area contributed by atoms with Crippen LogP contribution in [0.15, 0.2) is 4.99 Å². The van der Waals surface area contributed by atoms with Gasteiger partial charge >= 0.3 is 0 Å². The Balaban J connectivity index is 3.19. The van der Waals surface area contributed by atoms with Crippen LogP contribution in [0.1, 0.15) is 26.3 Å². The summed E-state index contributed by atoms with van der Waals surface area (Å²) in [5.41, 5.74) is 0.544. The zero-order valence-corrected chi connectivity index (χ0v) is 12.1. The van der Waals surface area contributed by atoms with Crippen LogP contribution in [-0.4, -0.2) is 35.3 Å². The summed E-state index contributed by atoms with van der Waals surface area (Å²) in [6.07, 6.45) is 1.60. The van der Waals surface area contributed by atoms with E-state index < -0.39 is 0 Å². The van der Waals surface area contributed by atoms with Gasteiger partial charge in [-0.1, -0.05) is 44.0 Å². The lowest BCUT2D eigenvalue weighted by atomic mass is 9.89. The Kier molecular flexibility index (Phi) is 4.33. The van der Waals surface area contributed by atoms with Crippen LogP contribution in [0.4, 0.5) is 5.95 Å². The van der Waals surface area contributed by atoms with E-state index in [9.17, 15) is 0 Å². The van der Waals surface area contributed by atoms with E-state index in [1.54, 1.807) is 11.2 Å². The average Bonchev–Trinajstić information content (AvgIpc) is 2.11. The van der Waals surface area contributed by atoms with Crippen molar-refractivity contribution < 1.29 is 0 Å². The molecular formula is C11H16Cl2N4. The van der Waals surface area contributed by atoms with Gasteiger partial charge in [0.15, 0.2) is 0 Å². The number of nitrogens with zero attached hydrogens (tertiary/aromatic N) is 4. The van der Waals surface area contributed by atoms with E-state index in [0.29, 0.717) is 10.3 Å². The molecule has 94 valence electrons. The topological polar surface area (TPSA) is 41.4 Å². The summed E-state index contributed by atoms with van der Waals surface area (Å²) in [5, 5.41) is 0.701. The maximum atomic E-state index is 6.11. The van der Waals surface area contributed by atoms with E-state index in [1.807, 2.05) is 34.9 Å². The van der Waals surface area contributed by atoms with Gasteiger partial charge in [0.2, 0.25) is 0 Å². The fourth-order valence-corrected chi connectivity index (χ4v) is 2.19. The molecule has 0 saturated heterocycles. The number of halogens is 2. The highest BCUT2D eigenvalue weighted by Crippen LogP contribution is 2.34. The van der Waals surface area contributed by atoms with Crippen molar-refractivity contribution in [2.75, 3.05) is 14.1 Å². The first-order valence-electron chi connectivity index (χ1n) is 5.16. The molecule has 0 radical (unpaired) electrons. The van der Waals surface area contributed by atoms with Gasteiger partial charge < -0.3 is 4.90 Å². The third kappa shape index (κ3) is 3.82. The molecule has 0 fully saturated rings. The molecule has 0 aromatic carbocycles. The minimum absolute atomic E-state index is 0.196. The number of hydrogen-bond acceptors (Lipinski definition) is 3. The Morgan fingerprint density at radius 3 is 1.94 bits per heavy atom. The third-order valence-electron chi connectivity index (χ3n) is 1.96. The fraction of sp³-hybridized carbons (Fsp3) is 0.545. The van der Waals surface area contributed by atoms with Crippen LogP contribution in [0.2, 0.25) is 10.3 Å². The minimum Gasteiger partial charge on any atom is -0.369 e. The fourth-order valence-electron chi connectivity index (χ4n) is 1.24. The van der Waals surface area contributed by atoms with Gasteiger partial charge in [0.25, 0.3) is 5.95 Å². The van der Waals surface area contributed by atoms with Crippen molar-refractivity contribution >= 4 is 35.5 Å². The molecule has 1 aromatic heterocycles. The van der Waals surface area contributed by atoms with Crippen LogP contribution in [0.3, 0.4) is 0 Å². The van der Waals surface area contributed by atoms with E-state index in [4.69, 9.17) is 23.2 Å². The van der Waals surface area contributed by atoms with Crippen LogP contribution in [0.25, 0.3) is 0 Å². The number of rotatable bonds is 2. The SMILES string of the molecule is CN(C)C=Nc1nc(Cl)c(C(C)(C)C)c(Cl)n1. The Morgan fingerprint density at radius 1 is 1.12 bits per heavy atom. The molecule has 17 heavy (non-hydrogen) atoms. The van der Waals surface area contributed by atoms with E-state index in [1.165, 1.54) is 0 Å². The highest BCUT2D eigenvalue weighted by molar-refractivity contribution is 6.34. The highest BCUT2D eigenvalue weighted by atomic mass is 35.5. The molecule has 0 N–H and O–H groups in total. The molecule has 0 bridgehead atoms. The van der Waals surface area contributed by atoms with Gasteiger partial charge in [0.05, 0.1) is 6.34 Å². The molecule has 0 amide bonds. The maximum absolute atomic E-state index is 6.11. The lowest BCUT2D eigenvalue weighted by Crippen LogP contribution is -2.14. The van der Waals surface area contributed by atoms with Gasteiger partial charge in [-0.2, -0.15) is 9.97 Å². The molecule has 0 aliphatic heterocycles. The second kappa shape index (κ2) is 5.19. The van der Waals surface area contributed by atoms with Gasteiger partial charge in [0, 0.05) is 19.7 Å². The van der Waals surface area contributed by atoms with Gasteiger partial charge in [-0.3, -0.25) is 0 Å². The monoisotopic (exact) mass is 274 g/mol. The van der Waals surface area contributed by atoms with E-state index in [2.05, 4.69) is 15.0 Å². The summed E-state index contributed by atoms with van der Waals surface area (Å²) in [4.78, 5) is 14.1. The second-order valence-electron chi connectivity index (χ2n) is 4.94. The van der Waals surface area contributed by atoms with E-state index >= 15 is 0 Å². The first-order valence-corrected chi connectivity index (χ1v) is 5.91. The van der Waals surface area contributed by atoms with Crippen LogP contribution in [0, 0.1) is 0 Å². The van der Waals surface area contributed by atoms with Crippen LogP contribution < -0.4 is 0 Å². The van der Waals surface area contributed by atoms with Crippen molar-refractivity contribution in [3.8, 4) is 0 Å². The zero-order valence-electron chi connectivity index (χ0n) is 10.6. The van der Waals surface area contributed by atoms with Crippen molar-refractivity contribution in [3.05, 3.63) is 15.9 Å². The lowest BCUT2D eigenvalue weighted by molar-refractivity contribution is 0.584. The number of aromatic nitrogens is 2. The average molecular weight is 275 g/mol. The van der Waals surface area contributed by atoms with Crippen LogP contribution in [-0.2, 0) is 5.41 Å². The van der Waals surface area contributed by atoms with Gasteiger partial charge in [-0.05, 0) is 5.41 Å². The van der Waals surface area contributed by atoms with Gasteiger partial charge in [0.1, 0.15) is 10.3 Å². The minimum atomic E-state index is -0.196. The zero-order chi connectivity index (χ0) is 13.2. The van der Waals surface area contributed by atoms with Crippen molar-refractivity contribution in [1.82, 2.24) is 14.9 Å². The Hall–Kier alpha value is -0.870. The molecule has 1 rings (SSSR count). The first-order chi connectivity index (χ1) is 7.71. The van der Waals surface area contributed by atoms with Gasteiger partial charge in [-0.25, -0.2) is 4.99 Å². The molecule has 0 aliphatic rings. The number of aliphatic imine (C=N–C) groups is 1. The number of hydrogen-bond donors (Lipinski definition) is 0. The summed E-state index contributed by atoms with van der Waals surface area (Å²) in [5.74, 6) is 0.265. The first kappa shape index (κ1) is 14.2. The van der Waals surface area contributed by atoms with Crippen molar-refractivity contribution in [2.45, 2.75) is 26.2 Å². The Bertz CT molecular complexity index is 413. The quantitative estimate of drug-likeness (QED) is 0.472. The second-order valence-corrected chi connectivity index (χ2v) is 5.65. The molecule has 0 aliphatic carbocycles. The molecule has 1 aromatic rings. The summed E-state index contributed by atoms with van der Waals surface area (Å²) in [6, 6.07) is 0.